The van der Waals surface area contributed by atoms with Gasteiger partial charge >= 0.3 is 0 Å². The molecule has 4 nitrogen and oxygen atoms in total. The van der Waals surface area contributed by atoms with Crippen LogP contribution in [0.4, 0.5) is 5.69 Å². The largest absolute Gasteiger partial charge is 0.472 e. The lowest BCUT2D eigenvalue weighted by Crippen LogP contribution is -2.49. The van der Waals surface area contributed by atoms with Gasteiger partial charge in [-0.3, -0.25) is 4.99 Å². The molecule has 1 fully saturated rings. The minimum atomic E-state index is 0.0421. The van der Waals surface area contributed by atoms with Crippen LogP contribution in [-0.4, -0.2) is 30.9 Å². The number of aliphatic imine (C=N–C) groups is 1. The summed E-state index contributed by atoms with van der Waals surface area (Å²) in [5, 5.41) is 4.75. The van der Waals surface area contributed by atoms with Crippen LogP contribution in [0.1, 0.15) is 24.0 Å². The molecule has 1 aromatic carbocycles. The number of piperidine rings is 1. The Morgan fingerprint density at radius 2 is 2.00 bits per heavy atom. The Kier molecular flexibility index (Phi) is 4.52. The average Bonchev–Trinajstić information content (AvgIpc) is 3.11. The SMILES string of the molecule is CN1CCC2(CC1)Cc1cc(Cl)c(Cl)cc1NC2=NCc1ccoc1. The fourth-order valence-electron chi connectivity index (χ4n) is 3.78. The van der Waals surface area contributed by atoms with Gasteiger partial charge in [0.1, 0.15) is 5.84 Å². The molecule has 0 atom stereocenters. The van der Waals surface area contributed by atoms with E-state index >= 15 is 0 Å². The predicted octanol–water partition coefficient (Wildman–Crippen LogP) is 4.87. The maximum Gasteiger partial charge on any atom is 0.108 e. The van der Waals surface area contributed by atoms with Crippen LogP contribution in [0.5, 0.6) is 0 Å². The van der Waals surface area contributed by atoms with Crippen LogP contribution in [0.25, 0.3) is 0 Å². The van der Waals surface area contributed by atoms with Gasteiger partial charge in [0.15, 0.2) is 0 Å². The maximum absolute atomic E-state index is 6.25. The number of nitrogens with zero attached hydrogens (tertiary/aromatic N) is 2. The van der Waals surface area contributed by atoms with Crippen molar-refractivity contribution in [3.63, 3.8) is 0 Å². The van der Waals surface area contributed by atoms with Gasteiger partial charge in [0, 0.05) is 16.7 Å². The van der Waals surface area contributed by atoms with E-state index in [1.165, 1.54) is 5.56 Å². The van der Waals surface area contributed by atoms with Crippen LogP contribution in [-0.2, 0) is 13.0 Å². The zero-order valence-electron chi connectivity index (χ0n) is 14.2. The molecule has 0 amide bonds. The van der Waals surface area contributed by atoms with Crippen molar-refractivity contribution in [3.05, 3.63) is 51.9 Å². The first-order valence-corrected chi connectivity index (χ1v) is 9.31. The summed E-state index contributed by atoms with van der Waals surface area (Å²) in [6, 6.07) is 5.87. The second-order valence-electron chi connectivity index (χ2n) is 7.11. The highest BCUT2D eigenvalue weighted by Crippen LogP contribution is 2.44. The minimum absolute atomic E-state index is 0.0421. The van der Waals surface area contributed by atoms with Crippen molar-refractivity contribution in [2.24, 2.45) is 10.4 Å². The third kappa shape index (κ3) is 3.31. The predicted molar refractivity (Wildman–Crippen MR) is 103 cm³/mol. The lowest BCUT2D eigenvalue weighted by molar-refractivity contribution is 0.178. The van der Waals surface area contributed by atoms with Crippen LogP contribution in [0.2, 0.25) is 10.0 Å². The monoisotopic (exact) mass is 377 g/mol. The molecule has 25 heavy (non-hydrogen) atoms. The highest BCUT2D eigenvalue weighted by atomic mass is 35.5. The van der Waals surface area contributed by atoms with Gasteiger partial charge in [-0.1, -0.05) is 23.2 Å². The van der Waals surface area contributed by atoms with Gasteiger partial charge in [-0.15, -0.1) is 0 Å². The van der Waals surface area contributed by atoms with Crippen molar-refractivity contribution >= 4 is 34.7 Å². The lowest BCUT2D eigenvalue weighted by Gasteiger charge is -2.45. The van der Waals surface area contributed by atoms with E-state index in [1.54, 1.807) is 12.5 Å². The minimum Gasteiger partial charge on any atom is -0.472 e. The highest BCUT2D eigenvalue weighted by molar-refractivity contribution is 6.42. The van der Waals surface area contributed by atoms with Gasteiger partial charge in [-0.2, -0.15) is 0 Å². The first-order valence-electron chi connectivity index (χ1n) is 8.55. The quantitative estimate of drug-likeness (QED) is 0.811. The summed E-state index contributed by atoms with van der Waals surface area (Å²) in [5.41, 5.74) is 3.36. The molecule has 0 aliphatic carbocycles. The third-order valence-corrected chi connectivity index (χ3v) is 6.10. The lowest BCUT2D eigenvalue weighted by atomic mass is 9.70. The second-order valence-corrected chi connectivity index (χ2v) is 7.92. The zero-order valence-corrected chi connectivity index (χ0v) is 15.7. The van der Waals surface area contributed by atoms with E-state index in [-0.39, 0.29) is 5.41 Å². The van der Waals surface area contributed by atoms with Gasteiger partial charge in [0.05, 0.1) is 29.1 Å². The molecule has 1 saturated heterocycles. The number of amidine groups is 1. The van der Waals surface area contributed by atoms with Gasteiger partial charge in [0.25, 0.3) is 0 Å². The van der Waals surface area contributed by atoms with Crippen molar-refractivity contribution in [1.82, 2.24) is 4.90 Å². The van der Waals surface area contributed by atoms with Crippen molar-refractivity contribution in [1.29, 1.82) is 0 Å². The molecule has 6 heteroatoms. The summed E-state index contributed by atoms with van der Waals surface area (Å²) >= 11 is 12.5. The standard InChI is InChI=1S/C19H21Cl2N3O/c1-24-5-3-19(4-6-24)10-14-8-15(20)16(21)9-17(14)23-18(19)22-11-13-2-7-25-12-13/h2,7-9,12H,3-6,10-11H2,1H3,(H,22,23). The topological polar surface area (TPSA) is 40.8 Å². The number of likely N-dealkylation sites (tertiary alicyclic amines) is 1. The molecule has 3 heterocycles. The van der Waals surface area contributed by atoms with Crippen molar-refractivity contribution in [2.75, 3.05) is 25.5 Å². The number of furan rings is 1. The van der Waals surface area contributed by atoms with E-state index in [9.17, 15) is 0 Å². The van der Waals surface area contributed by atoms with Crippen LogP contribution < -0.4 is 5.32 Å². The van der Waals surface area contributed by atoms with Crippen molar-refractivity contribution in [3.8, 4) is 0 Å². The van der Waals surface area contributed by atoms with E-state index in [0.29, 0.717) is 16.6 Å². The molecule has 0 saturated carbocycles. The van der Waals surface area contributed by atoms with E-state index in [0.717, 1.165) is 49.4 Å². The van der Waals surface area contributed by atoms with Gasteiger partial charge in [-0.25, -0.2) is 0 Å². The number of fused-ring (bicyclic) bond motifs is 1. The Morgan fingerprint density at radius 3 is 2.72 bits per heavy atom. The summed E-state index contributed by atoms with van der Waals surface area (Å²) in [6.45, 7) is 2.76. The smallest absolute Gasteiger partial charge is 0.108 e. The van der Waals surface area contributed by atoms with E-state index in [4.69, 9.17) is 32.6 Å². The molecule has 1 spiro atoms. The van der Waals surface area contributed by atoms with E-state index in [1.807, 2.05) is 18.2 Å². The molecule has 0 unspecified atom stereocenters. The molecular formula is C19H21Cl2N3O. The molecule has 1 aromatic heterocycles. The molecule has 4 rings (SSSR count). The van der Waals surface area contributed by atoms with Crippen LogP contribution in [0.3, 0.4) is 0 Å². The number of hydrogen-bond donors (Lipinski definition) is 1. The first kappa shape index (κ1) is 17.0. The Bertz CT molecular complexity index is 793. The molecule has 1 N–H and O–H groups in total. The second kappa shape index (κ2) is 6.67. The Balaban J connectivity index is 1.70. The molecule has 2 aliphatic rings. The summed E-state index contributed by atoms with van der Waals surface area (Å²) < 4.78 is 5.16. The van der Waals surface area contributed by atoms with Crippen LogP contribution in [0, 0.1) is 5.41 Å². The van der Waals surface area contributed by atoms with E-state index in [2.05, 4.69) is 17.3 Å². The molecule has 0 radical (unpaired) electrons. The normalized spacial score (nSPS) is 21.3. The Labute approximate surface area is 157 Å². The highest BCUT2D eigenvalue weighted by Gasteiger charge is 2.42. The van der Waals surface area contributed by atoms with Crippen LogP contribution in [0.15, 0.2) is 40.1 Å². The number of anilines is 1. The van der Waals surface area contributed by atoms with Gasteiger partial charge < -0.3 is 14.6 Å². The molecule has 0 bridgehead atoms. The van der Waals surface area contributed by atoms with Crippen LogP contribution >= 0.6 is 23.2 Å². The number of benzene rings is 1. The summed E-state index contributed by atoms with van der Waals surface area (Å²) in [5.74, 6) is 1.06. The van der Waals surface area contributed by atoms with Gasteiger partial charge in [-0.05, 0) is 63.2 Å². The molecule has 132 valence electrons. The molecule has 2 aliphatic heterocycles. The number of rotatable bonds is 2. The number of hydrogen-bond acceptors (Lipinski definition) is 3. The van der Waals surface area contributed by atoms with Gasteiger partial charge in [0.2, 0.25) is 0 Å². The molecule has 2 aromatic rings. The van der Waals surface area contributed by atoms with Crippen molar-refractivity contribution in [2.45, 2.75) is 25.8 Å². The fourth-order valence-corrected chi connectivity index (χ4v) is 4.13. The average molecular weight is 378 g/mol. The third-order valence-electron chi connectivity index (χ3n) is 5.37. The summed E-state index contributed by atoms with van der Waals surface area (Å²) in [4.78, 5) is 7.31. The Hall–Kier alpha value is -1.49. The summed E-state index contributed by atoms with van der Waals surface area (Å²) in [7, 11) is 2.18. The molecular weight excluding hydrogens is 357 g/mol. The number of nitrogens with one attached hydrogen (secondary N) is 1. The Morgan fingerprint density at radius 1 is 1.24 bits per heavy atom. The summed E-state index contributed by atoms with van der Waals surface area (Å²) in [6.07, 6.45) is 6.55. The first-order chi connectivity index (χ1) is 12.1. The number of halogens is 2. The fraction of sp³-hybridized carbons (Fsp3) is 0.421. The van der Waals surface area contributed by atoms with E-state index < -0.39 is 0 Å². The van der Waals surface area contributed by atoms with Crippen molar-refractivity contribution < 1.29 is 4.42 Å². The zero-order chi connectivity index (χ0) is 17.4. The maximum atomic E-state index is 6.25.